The number of hydrogen-bond acceptors (Lipinski definition) is 5. The number of benzene rings is 2. The fraction of sp³-hybridized carbons (Fsp3) is 0.136. The van der Waals surface area contributed by atoms with Crippen LogP contribution in [0, 0.1) is 0 Å². The number of hydrogen-bond donors (Lipinski definition) is 1. The third-order valence-corrected chi connectivity index (χ3v) is 5.31. The van der Waals surface area contributed by atoms with Gasteiger partial charge in [0.05, 0.1) is 17.2 Å². The van der Waals surface area contributed by atoms with Crippen LogP contribution in [0.1, 0.15) is 22.6 Å². The van der Waals surface area contributed by atoms with Crippen LogP contribution in [-0.2, 0) is 18.4 Å². The fourth-order valence-electron chi connectivity index (χ4n) is 3.15. The van der Waals surface area contributed by atoms with Gasteiger partial charge in [0.2, 0.25) is 11.7 Å². The molecule has 0 unspecified atom stereocenters. The van der Waals surface area contributed by atoms with E-state index >= 15 is 0 Å². The number of amides is 1. The Morgan fingerprint density at radius 3 is 2.58 bits per heavy atom. The van der Waals surface area contributed by atoms with Crippen LogP contribution in [0.5, 0.6) is 0 Å². The van der Waals surface area contributed by atoms with E-state index in [-0.39, 0.29) is 30.2 Å². The van der Waals surface area contributed by atoms with E-state index in [4.69, 9.17) is 0 Å². The van der Waals surface area contributed by atoms with Gasteiger partial charge in [-0.25, -0.2) is 9.97 Å². The van der Waals surface area contributed by atoms with Crippen molar-refractivity contribution >= 4 is 44.2 Å². The van der Waals surface area contributed by atoms with Crippen molar-refractivity contribution in [3.05, 3.63) is 87.4 Å². The number of ketones is 1. The molecule has 0 saturated heterocycles. The second-order valence-corrected chi connectivity index (χ2v) is 7.89. The molecule has 31 heavy (non-hydrogen) atoms. The van der Waals surface area contributed by atoms with E-state index in [0.29, 0.717) is 28.0 Å². The average molecular weight is 480 g/mol. The van der Waals surface area contributed by atoms with Crippen molar-refractivity contribution in [2.24, 2.45) is 7.05 Å². The molecule has 0 aliphatic heterocycles. The van der Waals surface area contributed by atoms with Gasteiger partial charge in [0.15, 0.2) is 5.82 Å². The Balaban J connectivity index is 1.40. The smallest absolute Gasteiger partial charge is 0.261 e. The van der Waals surface area contributed by atoms with Crippen molar-refractivity contribution in [2.75, 3.05) is 5.32 Å². The van der Waals surface area contributed by atoms with Crippen LogP contribution in [-0.4, -0.2) is 30.8 Å². The van der Waals surface area contributed by atoms with E-state index in [2.05, 4.69) is 31.2 Å². The Morgan fingerprint density at radius 1 is 1.10 bits per heavy atom. The van der Waals surface area contributed by atoms with Gasteiger partial charge in [-0.2, -0.15) is 0 Å². The Hall–Kier alpha value is -3.59. The lowest BCUT2D eigenvalue weighted by molar-refractivity contribution is -0.116. The van der Waals surface area contributed by atoms with Gasteiger partial charge in [0, 0.05) is 48.1 Å². The summed E-state index contributed by atoms with van der Waals surface area (Å²) in [6.45, 7) is 0.204. The third kappa shape index (κ3) is 4.46. The maximum Gasteiger partial charge on any atom is 0.261 e. The molecule has 0 radical (unpaired) electrons. The number of carbonyl (C=O) groups is 2. The maximum absolute atomic E-state index is 12.6. The highest BCUT2D eigenvalue weighted by molar-refractivity contribution is 9.10. The Labute approximate surface area is 185 Å². The first kappa shape index (κ1) is 20.7. The molecule has 2 aromatic heterocycles. The fourth-order valence-corrected chi connectivity index (χ4v) is 3.52. The van der Waals surface area contributed by atoms with Gasteiger partial charge < -0.3 is 9.88 Å². The van der Waals surface area contributed by atoms with Gasteiger partial charge in [-0.3, -0.25) is 19.0 Å². The maximum atomic E-state index is 12.6. The standard InChI is InChI=1S/C22H18BrN5O3/c1-27-11-9-24-21(27)20(30)14-2-5-16(6-3-14)26-19(29)8-10-28-13-25-18-7-4-15(23)12-17(18)22(28)31/h2-7,9,11-13H,8,10H2,1H3,(H,26,29). The van der Waals surface area contributed by atoms with Crippen molar-refractivity contribution in [1.82, 2.24) is 19.1 Å². The zero-order valence-corrected chi connectivity index (χ0v) is 18.2. The SMILES string of the molecule is Cn1ccnc1C(=O)c1ccc(NC(=O)CCn2cnc3ccc(Br)cc3c2=O)cc1. The topological polar surface area (TPSA) is 98.9 Å². The molecule has 0 bridgehead atoms. The first-order valence-electron chi connectivity index (χ1n) is 9.49. The molecular weight excluding hydrogens is 462 g/mol. The number of halogens is 1. The number of nitrogens with zero attached hydrogens (tertiary/aromatic N) is 4. The highest BCUT2D eigenvalue weighted by Gasteiger charge is 2.14. The molecule has 0 fully saturated rings. The number of carbonyl (C=O) groups excluding carboxylic acids is 2. The number of anilines is 1. The van der Waals surface area contributed by atoms with Crippen LogP contribution in [0.15, 0.2) is 70.5 Å². The number of aryl methyl sites for hydroxylation is 2. The largest absolute Gasteiger partial charge is 0.331 e. The first-order valence-corrected chi connectivity index (χ1v) is 10.3. The summed E-state index contributed by atoms with van der Waals surface area (Å²) in [4.78, 5) is 45.7. The molecule has 4 rings (SSSR count). The first-order chi connectivity index (χ1) is 14.9. The summed E-state index contributed by atoms with van der Waals surface area (Å²) in [5.41, 5.74) is 1.45. The van der Waals surface area contributed by atoms with Crippen molar-refractivity contribution in [1.29, 1.82) is 0 Å². The number of nitrogens with one attached hydrogen (secondary N) is 1. The van der Waals surface area contributed by atoms with Gasteiger partial charge in [-0.15, -0.1) is 0 Å². The Morgan fingerprint density at radius 2 is 1.87 bits per heavy atom. The van der Waals surface area contributed by atoms with Crippen LogP contribution in [0.2, 0.25) is 0 Å². The molecule has 156 valence electrons. The molecule has 4 aromatic rings. The van der Waals surface area contributed by atoms with E-state index in [1.807, 2.05) is 6.07 Å². The van der Waals surface area contributed by atoms with Gasteiger partial charge in [0.25, 0.3) is 5.56 Å². The number of aromatic nitrogens is 4. The quantitative estimate of drug-likeness (QED) is 0.428. The summed E-state index contributed by atoms with van der Waals surface area (Å²) in [6, 6.07) is 11.9. The van der Waals surface area contributed by atoms with E-state index in [0.717, 1.165) is 4.47 Å². The van der Waals surface area contributed by atoms with Crippen molar-refractivity contribution in [3.63, 3.8) is 0 Å². The molecule has 8 nitrogen and oxygen atoms in total. The number of rotatable bonds is 6. The van der Waals surface area contributed by atoms with Gasteiger partial charge in [0.1, 0.15) is 0 Å². The highest BCUT2D eigenvalue weighted by Crippen LogP contribution is 2.15. The summed E-state index contributed by atoms with van der Waals surface area (Å²) in [7, 11) is 1.75. The van der Waals surface area contributed by atoms with Crippen molar-refractivity contribution in [2.45, 2.75) is 13.0 Å². The normalized spacial score (nSPS) is 10.9. The van der Waals surface area contributed by atoms with Crippen LogP contribution < -0.4 is 10.9 Å². The van der Waals surface area contributed by atoms with E-state index < -0.39 is 0 Å². The highest BCUT2D eigenvalue weighted by atomic mass is 79.9. The molecular formula is C22H18BrN5O3. The van der Waals surface area contributed by atoms with Crippen LogP contribution in [0.3, 0.4) is 0 Å². The van der Waals surface area contributed by atoms with Gasteiger partial charge in [-0.05, 0) is 42.5 Å². The predicted molar refractivity (Wildman–Crippen MR) is 120 cm³/mol. The molecule has 9 heteroatoms. The van der Waals surface area contributed by atoms with E-state index in [9.17, 15) is 14.4 Å². The summed E-state index contributed by atoms with van der Waals surface area (Å²) in [5.74, 6) is -0.0946. The molecule has 0 saturated carbocycles. The van der Waals surface area contributed by atoms with Crippen LogP contribution in [0.25, 0.3) is 10.9 Å². The minimum absolute atomic E-state index is 0.106. The van der Waals surface area contributed by atoms with E-state index in [1.165, 1.54) is 10.9 Å². The second-order valence-electron chi connectivity index (χ2n) is 6.97. The third-order valence-electron chi connectivity index (χ3n) is 4.82. The summed E-state index contributed by atoms with van der Waals surface area (Å²) >= 11 is 3.35. The number of fused-ring (bicyclic) bond motifs is 1. The van der Waals surface area contributed by atoms with Gasteiger partial charge in [-0.1, -0.05) is 15.9 Å². The van der Waals surface area contributed by atoms with E-state index in [1.54, 1.807) is 60.4 Å². The van der Waals surface area contributed by atoms with Crippen molar-refractivity contribution < 1.29 is 9.59 Å². The molecule has 0 spiro atoms. The molecule has 1 N–H and O–H groups in total. The summed E-state index contributed by atoms with van der Waals surface area (Å²) in [6.07, 6.45) is 4.83. The molecule has 1 amide bonds. The van der Waals surface area contributed by atoms with Crippen LogP contribution >= 0.6 is 15.9 Å². The predicted octanol–water partition coefficient (Wildman–Crippen LogP) is 3.15. The van der Waals surface area contributed by atoms with Gasteiger partial charge >= 0.3 is 0 Å². The lowest BCUT2D eigenvalue weighted by Crippen LogP contribution is -2.23. The lowest BCUT2D eigenvalue weighted by Gasteiger charge is -2.08. The molecule has 2 heterocycles. The molecule has 0 aliphatic carbocycles. The zero-order valence-electron chi connectivity index (χ0n) is 16.6. The second kappa shape index (κ2) is 8.65. The Bertz CT molecular complexity index is 1340. The molecule has 0 atom stereocenters. The minimum Gasteiger partial charge on any atom is -0.331 e. The van der Waals surface area contributed by atoms with Crippen molar-refractivity contribution in [3.8, 4) is 0 Å². The number of imidazole rings is 1. The molecule has 0 aliphatic rings. The average Bonchev–Trinajstić information content (AvgIpc) is 3.19. The Kier molecular flexibility index (Phi) is 5.77. The lowest BCUT2D eigenvalue weighted by atomic mass is 10.1. The monoisotopic (exact) mass is 479 g/mol. The zero-order chi connectivity index (χ0) is 22.0. The van der Waals surface area contributed by atoms with Crippen LogP contribution in [0.4, 0.5) is 5.69 Å². The summed E-state index contributed by atoms with van der Waals surface area (Å²) in [5, 5.41) is 3.27. The summed E-state index contributed by atoms with van der Waals surface area (Å²) < 4.78 is 3.86. The minimum atomic E-state index is -0.246. The molecule has 2 aromatic carbocycles.